The van der Waals surface area contributed by atoms with Crippen LogP contribution in [0.3, 0.4) is 0 Å². The second-order valence-corrected chi connectivity index (χ2v) is 8.67. The lowest BCUT2D eigenvalue weighted by Crippen LogP contribution is -1.97. The Balaban J connectivity index is 0.000000280. The monoisotopic (exact) mass is 552 g/mol. The van der Waals surface area contributed by atoms with Crippen molar-refractivity contribution in [3.63, 3.8) is 0 Å². The minimum atomic E-state index is -0.0487. The van der Waals surface area contributed by atoms with Crippen molar-refractivity contribution in [2.24, 2.45) is 0 Å². The first-order valence-corrected chi connectivity index (χ1v) is 10.3. The van der Waals surface area contributed by atoms with Gasteiger partial charge < -0.3 is 19.7 Å². The van der Waals surface area contributed by atoms with Gasteiger partial charge in [0.05, 0.1) is 16.3 Å². The third-order valence-corrected chi connectivity index (χ3v) is 4.37. The molecule has 0 bridgehead atoms. The average Bonchev–Trinajstić information content (AvgIpc) is 2.59. The summed E-state index contributed by atoms with van der Waals surface area (Å²) < 4.78 is 12.1. The molecule has 0 saturated carbocycles. The number of aromatic hydroxyl groups is 2. The van der Waals surface area contributed by atoms with Crippen molar-refractivity contribution in [1.82, 2.24) is 0 Å². The van der Waals surface area contributed by atoms with Crippen LogP contribution in [0.4, 0.5) is 0 Å². The molecule has 0 aliphatic rings. The van der Waals surface area contributed by atoms with Gasteiger partial charge in [-0.1, -0.05) is 61.6 Å². The Bertz CT molecular complexity index is 879. The van der Waals surface area contributed by atoms with Crippen LogP contribution in [-0.2, 0) is 0 Å². The lowest BCUT2D eigenvalue weighted by Gasteiger charge is -2.09. The molecule has 0 aromatic heterocycles. The molecule has 0 fully saturated rings. The molecule has 0 radical (unpaired) electrons. The van der Waals surface area contributed by atoms with Crippen molar-refractivity contribution in [2.45, 2.75) is 20.8 Å². The molecule has 2 N–H and O–H groups in total. The number of rotatable bonds is 5. The van der Waals surface area contributed by atoms with Gasteiger partial charge in [-0.2, -0.15) is 0 Å². The third kappa shape index (κ3) is 8.35. The predicted molar refractivity (Wildman–Crippen MR) is 122 cm³/mol. The fourth-order valence-electron chi connectivity index (χ4n) is 1.67. The lowest BCUT2D eigenvalue weighted by molar-refractivity contribution is 0.328. The number of allylic oxidation sites excluding steroid dienone is 1. The minimum Gasteiger partial charge on any atom is -0.503 e. The summed E-state index contributed by atoms with van der Waals surface area (Å²) in [6, 6.07) is 6.52. The topological polar surface area (TPSA) is 58.9 Å². The number of phenolic OH excluding ortho intramolecular Hbond substituents is 2. The average molecular weight is 555 g/mol. The molecule has 8 heteroatoms. The molecule has 0 spiro atoms. The summed E-state index contributed by atoms with van der Waals surface area (Å²) in [5.41, 5.74) is 1.88. The van der Waals surface area contributed by atoms with Crippen molar-refractivity contribution in [1.29, 1.82) is 0 Å². The normalized spacial score (nSPS) is 9.82. The molecule has 0 unspecified atom stereocenters. The van der Waals surface area contributed by atoms with Crippen molar-refractivity contribution in [3.8, 4) is 23.0 Å². The quantitative estimate of drug-likeness (QED) is 0.291. The van der Waals surface area contributed by atoms with E-state index in [1.54, 1.807) is 30.5 Å². The fourth-order valence-corrected chi connectivity index (χ4v) is 3.23. The maximum Gasteiger partial charge on any atom is 0.177 e. The highest BCUT2D eigenvalue weighted by Crippen LogP contribution is 2.38. The van der Waals surface area contributed by atoms with Crippen LogP contribution < -0.4 is 9.47 Å². The Morgan fingerprint density at radius 2 is 1.43 bits per heavy atom. The molecule has 28 heavy (non-hydrogen) atoms. The van der Waals surface area contributed by atoms with Gasteiger partial charge in [0, 0.05) is 8.95 Å². The molecule has 0 saturated heterocycles. The molecule has 0 aliphatic carbocycles. The zero-order valence-corrected chi connectivity index (χ0v) is 20.2. The number of phenols is 2. The number of halogens is 4. The second kappa shape index (κ2) is 11.6. The van der Waals surface area contributed by atoms with Gasteiger partial charge in [-0.15, -0.1) is 0 Å². The van der Waals surface area contributed by atoms with Crippen molar-refractivity contribution < 1.29 is 19.7 Å². The summed E-state index contributed by atoms with van der Waals surface area (Å²) in [6.45, 7) is 9.70. The van der Waals surface area contributed by atoms with Crippen molar-refractivity contribution in [2.75, 3.05) is 6.61 Å². The maximum atomic E-state index is 9.53. The molecule has 0 heterocycles. The highest BCUT2D eigenvalue weighted by Gasteiger charge is 2.09. The van der Waals surface area contributed by atoms with Crippen LogP contribution in [-0.4, -0.2) is 16.8 Å². The summed E-state index contributed by atoms with van der Waals surface area (Å²) in [7, 11) is 0. The third-order valence-electron chi connectivity index (χ3n) is 2.88. The lowest BCUT2D eigenvalue weighted by atomic mass is 10.3. The number of benzene rings is 2. The summed E-state index contributed by atoms with van der Waals surface area (Å²) in [5.74, 6) is 0.599. The van der Waals surface area contributed by atoms with E-state index in [1.807, 2.05) is 20.8 Å². The Kier molecular flexibility index (Phi) is 10.2. The molecule has 0 aliphatic heterocycles. The standard InChI is InChI=1S/2C10H10BrClO2/c2*1-6(2)5-14-9-4-7(11)3-8(12)10(9)13/h3-5,13H,1-2H3;3-4,13H,1,5H2,2H3. The van der Waals surface area contributed by atoms with E-state index in [-0.39, 0.29) is 21.5 Å². The van der Waals surface area contributed by atoms with Crippen LogP contribution in [0.5, 0.6) is 23.0 Å². The van der Waals surface area contributed by atoms with Crippen LogP contribution in [0.1, 0.15) is 20.8 Å². The zero-order chi connectivity index (χ0) is 21.4. The van der Waals surface area contributed by atoms with Crippen LogP contribution >= 0.6 is 55.1 Å². The first-order chi connectivity index (χ1) is 13.0. The van der Waals surface area contributed by atoms with Gasteiger partial charge in [0.25, 0.3) is 0 Å². The molecular weight excluding hydrogens is 535 g/mol. The molecular formula is C20H20Br2Cl2O4. The smallest absolute Gasteiger partial charge is 0.177 e. The molecule has 0 atom stereocenters. The summed E-state index contributed by atoms with van der Waals surface area (Å²) in [5, 5.41) is 19.6. The van der Waals surface area contributed by atoms with E-state index in [2.05, 4.69) is 38.4 Å². The van der Waals surface area contributed by atoms with Crippen molar-refractivity contribution in [3.05, 3.63) is 67.2 Å². The number of hydrogen-bond acceptors (Lipinski definition) is 4. The van der Waals surface area contributed by atoms with E-state index in [1.165, 1.54) is 0 Å². The highest BCUT2D eigenvalue weighted by atomic mass is 79.9. The van der Waals surface area contributed by atoms with Gasteiger partial charge in [0.2, 0.25) is 0 Å². The van der Waals surface area contributed by atoms with Gasteiger partial charge in [0.15, 0.2) is 23.0 Å². The van der Waals surface area contributed by atoms with E-state index in [4.69, 9.17) is 32.7 Å². The maximum absolute atomic E-state index is 9.53. The van der Waals surface area contributed by atoms with E-state index in [0.717, 1.165) is 20.1 Å². The second-order valence-electron chi connectivity index (χ2n) is 6.03. The molecule has 0 amide bonds. The van der Waals surface area contributed by atoms with E-state index in [9.17, 15) is 10.2 Å². The molecule has 2 rings (SSSR count). The first-order valence-electron chi connectivity index (χ1n) is 7.94. The van der Waals surface area contributed by atoms with Gasteiger partial charge in [-0.3, -0.25) is 0 Å². The van der Waals surface area contributed by atoms with Gasteiger partial charge >= 0.3 is 0 Å². The van der Waals surface area contributed by atoms with Crippen LogP contribution in [0, 0.1) is 0 Å². The van der Waals surface area contributed by atoms with E-state index in [0.29, 0.717) is 18.1 Å². The Hall–Kier alpha value is -1.34. The molecule has 152 valence electrons. The van der Waals surface area contributed by atoms with Crippen LogP contribution in [0.15, 0.2) is 57.2 Å². The summed E-state index contributed by atoms with van der Waals surface area (Å²) in [4.78, 5) is 0. The Morgan fingerprint density at radius 1 is 0.964 bits per heavy atom. The molecule has 2 aromatic carbocycles. The van der Waals surface area contributed by atoms with Crippen molar-refractivity contribution >= 4 is 55.1 Å². The van der Waals surface area contributed by atoms with E-state index >= 15 is 0 Å². The van der Waals surface area contributed by atoms with Crippen LogP contribution in [0.2, 0.25) is 10.0 Å². The minimum absolute atomic E-state index is 0.0453. The first kappa shape index (κ1) is 24.7. The van der Waals surface area contributed by atoms with E-state index < -0.39 is 0 Å². The largest absolute Gasteiger partial charge is 0.503 e. The number of ether oxygens (including phenoxy) is 2. The SMILES string of the molecule is C=C(C)COc1cc(Br)cc(Cl)c1O.CC(C)=COc1cc(Br)cc(Cl)c1O. The summed E-state index contributed by atoms with van der Waals surface area (Å²) >= 11 is 18.0. The fraction of sp³-hybridized carbons (Fsp3) is 0.200. The Morgan fingerprint density at radius 3 is 1.89 bits per heavy atom. The Labute approximate surface area is 191 Å². The van der Waals surface area contributed by atoms with Gasteiger partial charge in [-0.25, -0.2) is 0 Å². The summed E-state index contributed by atoms with van der Waals surface area (Å²) in [6.07, 6.45) is 1.55. The molecule has 2 aromatic rings. The predicted octanol–water partition coefficient (Wildman–Crippen LogP) is 7.87. The zero-order valence-electron chi connectivity index (χ0n) is 15.5. The number of hydrogen-bond donors (Lipinski definition) is 2. The van der Waals surface area contributed by atoms with Crippen LogP contribution in [0.25, 0.3) is 0 Å². The van der Waals surface area contributed by atoms with Gasteiger partial charge in [0.1, 0.15) is 6.61 Å². The molecule has 4 nitrogen and oxygen atoms in total. The highest BCUT2D eigenvalue weighted by molar-refractivity contribution is 9.10. The van der Waals surface area contributed by atoms with Gasteiger partial charge in [-0.05, 0) is 56.2 Å².